The Kier molecular flexibility index (Phi) is 4.82. The van der Waals surface area contributed by atoms with Gasteiger partial charge in [0.25, 0.3) is 0 Å². The van der Waals surface area contributed by atoms with Gasteiger partial charge in [-0.05, 0) is 37.7 Å². The van der Waals surface area contributed by atoms with Gasteiger partial charge >= 0.3 is 5.97 Å². The molecule has 1 aromatic carbocycles. The first-order chi connectivity index (χ1) is 12.0. The summed E-state index contributed by atoms with van der Waals surface area (Å²) in [5, 5.41) is 20.5. The van der Waals surface area contributed by atoms with Crippen molar-refractivity contribution in [1.82, 2.24) is 9.97 Å². The fraction of sp³-hybridized carbons (Fsp3) is 0.350. The molecule has 1 aromatic heterocycles. The first-order valence-corrected chi connectivity index (χ1v) is 8.29. The van der Waals surface area contributed by atoms with Gasteiger partial charge in [0.05, 0.1) is 11.6 Å². The van der Waals surface area contributed by atoms with Crippen molar-refractivity contribution in [3.63, 3.8) is 0 Å². The Balaban J connectivity index is 1.89. The van der Waals surface area contributed by atoms with Gasteiger partial charge in [-0.15, -0.1) is 0 Å². The third-order valence-electron chi connectivity index (χ3n) is 4.75. The Morgan fingerprint density at radius 3 is 2.64 bits per heavy atom. The molecule has 0 bridgehead atoms. The molecule has 3 atom stereocenters. The van der Waals surface area contributed by atoms with E-state index in [1.54, 1.807) is 12.4 Å². The predicted molar refractivity (Wildman–Crippen MR) is 92.8 cm³/mol. The maximum Gasteiger partial charge on any atom is 0.307 e. The number of hydrogen-bond donors (Lipinski definition) is 2. The predicted octanol–water partition coefficient (Wildman–Crippen LogP) is 2.54. The topological polar surface area (TPSA) is 83.3 Å². The monoisotopic (exact) mass is 336 g/mol. The van der Waals surface area contributed by atoms with E-state index in [4.69, 9.17) is 0 Å². The van der Waals surface area contributed by atoms with Gasteiger partial charge in [0, 0.05) is 18.3 Å². The van der Waals surface area contributed by atoms with Crippen molar-refractivity contribution in [2.75, 3.05) is 0 Å². The fourth-order valence-corrected chi connectivity index (χ4v) is 3.37. The second-order valence-corrected chi connectivity index (χ2v) is 6.48. The van der Waals surface area contributed by atoms with Gasteiger partial charge in [-0.3, -0.25) is 9.78 Å². The summed E-state index contributed by atoms with van der Waals surface area (Å²) in [6, 6.07) is 9.48. The molecule has 1 fully saturated rings. The summed E-state index contributed by atoms with van der Waals surface area (Å²) in [6.45, 7) is 1.81. The number of aryl methyl sites for hydroxylation is 1. The number of benzene rings is 1. The van der Waals surface area contributed by atoms with Crippen molar-refractivity contribution < 1.29 is 15.0 Å². The number of carboxylic acid groups (broad SMARTS) is 1. The molecule has 0 radical (unpaired) electrons. The van der Waals surface area contributed by atoms with Crippen LogP contribution in [-0.2, 0) is 4.79 Å². The Morgan fingerprint density at radius 1 is 1.24 bits per heavy atom. The third-order valence-corrected chi connectivity index (χ3v) is 4.75. The van der Waals surface area contributed by atoms with E-state index in [1.807, 2.05) is 37.3 Å². The van der Waals surface area contributed by atoms with Gasteiger partial charge in [-0.2, -0.15) is 0 Å². The van der Waals surface area contributed by atoms with Crippen LogP contribution in [0.15, 0.2) is 42.7 Å². The molecule has 2 N–H and O–H groups in total. The highest BCUT2D eigenvalue weighted by atomic mass is 16.4. The number of carboxylic acids is 1. The zero-order chi connectivity index (χ0) is 17.9. The summed E-state index contributed by atoms with van der Waals surface area (Å²) < 4.78 is 0. The van der Waals surface area contributed by atoms with Crippen LogP contribution in [0.3, 0.4) is 0 Å². The molecule has 5 nitrogen and oxygen atoms in total. The van der Waals surface area contributed by atoms with Crippen molar-refractivity contribution in [3.05, 3.63) is 59.7 Å². The molecule has 3 rings (SSSR count). The van der Waals surface area contributed by atoms with Gasteiger partial charge in [0.2, 0.25) is 0 Å². The first kappa shape index (κ1) is 17.1. The molecule has 0 spiro atoms. The van der Waals surface area contributed by atoms with Crippen LogP contribution < -0.4 is 0 Å². The van der Waals surface area contributed by atoms with Gasteiger partial charge in [-0.1, -0.05) is 36.3 Å². The molecule has 128 valence electrons. The largest absolute Gasteiger partial charge is 0.481 e. The van der Waals surface area contributed by atoms with Crippen LogP contribution in [0, 0.1) is 24.7 Å². The molecule has 1 aliphatic rings. The third kappa shape index (κ3) is 3.86. The molecule has 1 aliphatic carbocycles. The number of aromatic nitrogens is 2. The van der Waals surface area contributed by atoms with E-state index in [9.17, 15) is 15.0 Å². The fourth-order valence-electron chi connectivity index (χ4n) is 3.37. The maximum atomic E-state index is 11.6. The molecule has 0 amide bonds. The average Bonchev–Trinajstić information content (AvgIpc) is 2.61. The van der Waals surface area contributed by atoms with Crippen LogP contribution >= 0.6 is 0 Å². The van der Waals surface area contributed by atoms with Crippen LogP contribution in [0.5, 0.6) is 0 Å². The Labute approximate surface area is 146 Å². The zero-order valence-corrected chi connectivity index (χ0v) is 14.0. The van der Waals surface area contributed by atoms with E-state index in [0.29, 0.717) is 30.7 Å². The minimum Gasteiger partial charge on any atom is -0.481 e. The molecule has 1 heterocycles. The number of rotatable bonds is 2. The Hall–Kier alpha value is -2.71. The first-order valence-electron chi connectivity index (χ1n) is 8.29. The smallest absolute Gasteiger partial charge is 0.307 e. The van der Waals surface area contributed by atoms with Crippen LogP contribution in [-0.4, -0.2) is 31.8 Å². The minimum absolute atomic E-state index is 0.269. The lowest BCUT2D eigenvalue weighted by atomic mass is 9.69. The van der Waals surface area contributed by atoms with Crippen LogP contribution in [0.25, 0.3) is 0 Å². The lowest BCUT2D eigenvalue weighted by Gasteiger charge is -2.37. The van der Waals surface area contributed by atoms with Gasteiger partial charge < -0.3 is 10.2 Å². The second-order valence-electron chi connectivity index (χ2n) is 6.48. The molecule has 0 saturated heterocycles. The van der Waals surface area contributed by atoms with Crippen LogP contribution in [0.1, 0.15) is 42.1 Å². The molecule has 1 saturated carbocycles. The van der Waals surface area contributed by atoms with Gasteiger partial charge in [0.15, 0.2) is 0 Å². The Morgan fingerprint density at radius 2 is 1.96 bits per heavy atom. The summed E-state index contributed by atoms with van der Waals surface area (Å²) in [5.74, 6) is 4.24. The molecule has 1 unspecified atom stereocenters. The number of nitrogens with zero attached hydrogens (tertiary/aromatic N) is 2. The van der Waals surface area contributed by atoms with E-state index >= 15 is 0 Å². The maximum absolute atomic E-state index is 11.6. The number of hydrogen-bond acceptors (Lipinski definition) is 4. The van der Waals surface area contributed by atoms with Crippen molar-refractivity contribution >= 4 is 5.97 Å². The Bertz CT molecular complexity index is 826. The quantitative estimate of drug-likeness (QED) is 0.824. The average molecular weight is 336 g/mol. The SMILES string of the molecule is Cc1nccnc1C#CC1(O)CC[C@@H](C(=O)O)[C@H](c2ccccc2)C1. The molecule has 2 aromatic rings. The van der Waals surface area contributed by atoms with E-state index < -0.39 is 17.5 Å². The summed E-state index contributed by atoms with van der Waals surface area (Å²) in [6.07, 6.45) is 4.17. The summed E-state index contributed by atoms with van der Waals surface area (Å²) in [4.78, 5) is 19.9. The highest BCUT2D eigenvalue weighted by Crippen LogP contribution is 2.42. The van der Waals surface area contributed by atoms with Gasteiger partial charge in [-0.25, -0.2) is 4.98 Å². The van der Waals surface area contributed by atoms with E-state index in [2.05, 4.69) is 21.8 Å². The number of aliphatic hydroxyl groups is 1. The highest BCUT2D eigenvalue weighted by molar-refractivity contribution is 5.71. The van der Waals surface area contributed by atoms with Crippen LogP contribution in [0.2, 0.25) is 0 Å². The summed E-state index contributed by atoms with van der Waals surface area (Å²) >= 11 is 0. The standard InChI is InChI=1S/C20H20N2O3/c1-14-18(22-12-11-21-14)8-10-20(25)9-7-16(19(23)24)17(13-20)15-5-3-2-4-6-15/h2-6,11-12,16-17,25H,7,9,13H2,1H3,(H,23,24)/t16-,17+,20?/m1/s1. The highest BCUT2D eigenvalue weighted by Gasteiger charge is 2.42. The summed E-state index contributed by atoms with van der Waals surface area (Å²) in [5.41, 5.74) is 0.937. The van der Waals surface area contributed by atoms with E-state index in [1.165, 1.54) is 0 Å². The molecular weight excluding hydrogens is 316 g/mol. The molecule has 25 heavy (non-hydrogen) atoms. The van der Waals surface area contributed by atoms with E-state index in [0.717, 1.165) is 5.56 Å². The van der Waals surface area contributed by atoms with Crippen molar-refractivity contribution in [3.8, 4) is 11.8 Å². The lowest BCUT2D eigenvalue weighted by molar-refractivity contribution is -0.145. The van der Waals surface area contributed by atoms with Crippen molar-refractivity contribution in [1.29, 1.82) is 0 Å². The number of carbonyl (C=O) groups is 1. The van der Waals surface area contributed by atoms with Crippen molar-refractivity contribution in [2.45, 2.75) is 37.7 Å². The summed E-state index contributed by atoms with van der Waals surface area (Å²) in [7, 11) is 0. The van der Waals surface area contributed by atoms with Crippen molar-refractivity contribution in [2.24, 2.45) is 5.92 Å². The van der Waals surface area contributed by atoms with E-state index in [-0.39, 0.29) is 5.92 Å². The lowest BCUT2D eigenvalue weighted by Crippen LogP contribution is -2.39. The molecule has 0 aliphatic heterocycles. The molecular formula is C20H20N2O3. The normalized spacial score (nSPS) is 25.7. The zero-order valence-electron chi connectivity index (χ0n) is 14.0. The van der Waals surface area contributed by atoms with Crippen LogP contribution in [0.4, 0.5) is 0 Å². The minimum atomic E-state index is -1.23. The van der Waals surface area contributed by atoms with Gasteiger partial charge in [0.1, 0.15) is 11.3 Å². The molecule has 5 heteroatoms. The second kappa shape index (κ2) is 7.04. The number of aliphatic carboxylic acids is 1.